The number of para-hydroxylation sites is 1. The van der Waals surface area contributed by atoms with Gasteiger partial charge in [0.1, 0.15) is 0 Å². The molecule has 15 heavy (non-hydrogen) atoms. The average molecular weight is 394 g/mol. The molecule has 0 radical (unpaired) electrons. The Morgan fingerprint density at radius 2 is 2.07 bits per heavy atom. The van der Waals surface area contributed by atoms with E-state index < -0.39 is 0 Å². The molecule has 0 unspecified atom stereocenters. The third-order valence-corrected chi connectivity index (χ3v) is 4.87. The van der Waals surface area contributed by atoms with E-state index >= 15 is 0 Å². The number of benzene rings is 1. The van der Waals surface area contributed by atoms with Crippen LogP contribution in [0.25, 0.3) is 0 Å². The molecule has 1 nitrogen and oxygen atoms in total. The van der Waals surface area contributed by atoms with Crippen LogP contribution in [0.15, 0.2) is 40.2 Å². The fraction of sp³-hybridized carbons (Fsp3) is 0.0909. The molecule has 0 aliphatic carbocycles. The molecule has 78 valence electrons. The summed E-state index contributed by atoms with van der Waals surface area (Å²) in [6.07, 6.45) is 0. The van der Waals surface area contributed by atoms with Crippen LogP contribution in [0, 0.1) is 3.57 Å². The number of hydrogen-bond acceptors (Lipinski definition) is 2. The molecule has 1 aromatic heterocycles. The molecular weight excluding hydrogens is 385 g/mol. The van der Waals surface area contributed by atoms with Crippen molar-refractivity contribution in [1.82, 2.24) is 0 Å². The van der Waals surface area contributed by atoms with E-state index in [4.69, 9.17) is 0 Å². The van der Waals surface area contributed by atoms with Crippen LogP contribution in [-0.4, -0.2) is 0 Å². The highest BCUT2D eigenvalue weighted by molar-refractivity contribution is 14.1. The van der Waals surface area contributed by atoms with E-state index in [1.165, 1.54) is 18.6 Å². The summed E-state index contributed by atoms with van der Waals surface area (Å²) in [5, 5.41) is 5.52. The van der Waals surface area contributed by atoms with Crippen LogP contribution in [0.1, 0.15) is 4.88 Å². The molecule has 0 aliphatic rings. The molecule has 0 amide bonds. The second kappa shape index (κ2) is 5.32. The maximum Gasteiger partial charge on any atom is 0.0505 e. The zero-order valence-electron chi connectivity index (χ0n) is 7.84. The standard InChI is InChI=1S/C11H9BrINS/c12-8-5-6-15-11(8)7-14-10-4-2-1-3-9(10)13/h1-6,14H,7H2. The summed E-state index contributed by atoms with van der Waals surface area (Å²) >= 11 is 7.63. The molecule has 0 spiro atoms. The first kappa shape index (κ1) is 11.4. The number of rotatable bonds is 3. The second-order valence-electron chi connectivity index (χ2n) is 3.03. The van der Waals surface area contributed by atoms with E-state index in [0.717, 1.165) is 6.54 Å². The van der Waals surface area contributed by atoms with Gasteiger partial charge in [0.05, 0.1) is 6.54 Å². The van der Waals surface area contributed by atoms with Gasteiger partial charge in [0.2, 0.25) is 0 Å². The first-order valence-electron chi connectivity index (χ1n) is 4.47. The molecule has 0 fully saturated rings. The lowest BCUT2D eigenvalue weighted by Crippen LogP contribution is -1.99. The predicted molar refractivity (Wildman–Crippen MR) is 78.5 cm³/mol. The molecule has 4 heteroatoms. The van der Waals surface area contributed by atoms with Gasteiger partial charge in [-0.2, -0.15) is 0 Å². The van der Waals surface area contributed by atoms with Gasteiger partial charge in [-0.3, -0.25) is 0 Å². The van der Waals surface area contributed by atoms with Crippen molar-refractivity contribution >= 4 is 55.5 Å². The van der Waals surface area contributed by atoms with Crippen molar-refractivity contribution in [2.75, 3.05) is 5.32 Å². The van der Waals surface area contributed by atoms with Crippen LogP contribution in [0.3, 0.4) is 0 Å². The third kappa shape index (κ3) is 2.95. The van der Waals surface area contributed by atoms with Gasteiger partial charge in [-0.15, -0.1) is 11.3 Å². The molecule has 1 aromatic carbocycles. The van der Waals surface area contributed by atoms with Crippen molar-refractivity contribution < 1.29 is 0 Å². The minimum absolute atomic E-state index is 0.873. The summed E-state index contributed by atoms with van der Waals surface area (Å²) in [6.45, 7) is 0.873. The summed E-state index contributed by atoms with van der Waals surface area (Å²) in [4.78, 5) is 1.33. The van der Waals surface area contributed by atoms with Gasteiger partial charge >= 0.3 is 0 Å². The Bertz CT molecular complexity index is 455. The minimum Gasteiger partial charge on any atom is -0.379 e. The Labute approximate surface area is 115 Å². The normalized spacial score (nSPS) is 10.3. The van der Waals surface area contributed by atoms with Crippen molar-refractivity contribution in [2.45, 2.75) is 6.54 Å². The number of halogens is 2. The molecule has 1 heterocycles. The van der Waals surface area contributed by atoms with Crippen molar-refractivity contribution in [1.29, 1.82) is 0 Å². The lowest BCUT2D eigenvalue weighted by Gasteiger charge is -2.07. The van der Waals surface area contributed by atoms with Gasteiger partial charge in [0.15, 0.2) is 0 Å². The van der Waals surface area contributed by atoms with E-state index in [0.29, 0.717) is 0 Å². The molecule has 0 atom stereocenters. The lowest BCUT2D eigenvalue weighted by atomic mass is 10.3. The number of nitrogens with one attached hydrogen (secondary N) is 1. The van der Waals surface area contributed by atoms with Crippen LogP contribution < -0.4 is 5.32 Å². The van der Waals surface area contributed by atoms with Crippen LogP contribution in [0.4, 0.5) is 5.69 Å². The van der Waals surface area contributed by atoms with Crippen LogP contribution >= 0.6 is 49.9 Å². The molecule has 2 rings (SSSR count). The maximum atomic E-state index is 3.53. The Morgan fingerprint density at radius 3 is 2.73 bits per heavy atom. The van der Waals surface area contributed by atoms with Crippen molar-refractivity contribution in [3.05, 3.63) is 48.6 Å². The Kier molecular flexibility index (Phi) is 4.05. The van der Waals surface area contributed by atoms with E-state index in [2.05, 4.69) is 67.4 Å². The van der Waals surface area contributed by atoms with E-state index in [1.54, 1.807) is 11.3 Å². The first-order valence-corrected chi connectivity index (χ1v) is 7.23. The smallest absolute Gasteiger partial charge is 0.0505 e. The Morgan fingerprint density at radius 1 is 1.27 bits per heavy atom. The highest BCUT2D eigenvalue weighted by Crippen LogP contribution is 2.24. The quantitative estimate of drug-likeness (QED) is 0.743. The Hall–Kier alpha value is -0.0700. The summed E-state index contributed by atoms with van der Waals surface area (Å²) < 4.78 is 2.44. The van der Waals surface area contributed by atoms with Crippen LogP contribution in [-0.2, 0) is 6.54 Å². The molecule has 2 aromatic rings. The summed E-state index contributed by atoms with van der Waals surface area (Å²) in [5.74, 6) is 0. The molecule has 0 aliphatic heterocycles. The monoisotopic (exact) mass is 393 g/mol. The van der Waals surface area contributed by atoms with Gasteiger partial charge < -0.3 is 5.32 Å². The second-order valence-corrected chi connectivity index (χ2v) is 6.04. The van der Waals surface area contributed by atoms with E-state index in [9.17, 15) is 0 Å². The number of hydrogen-bond donors (Lipinski definition) is 1. The maximum absolute atomic E-state index is 3.53. The molecular formula is C11H9BrINS. The lowest BCUT2D eigenvalue weighted by molar-refractivity contribution is 1.18. The topological polar surface area (TPSA) is 12.0 Å². The van der Waals surface area contributed by atoms with Crippen molar-refractivity contribution in [3.63, 3.8) is 0 Å². The minimum atomic E-state index is 0.873. The van der Waals surface area contributed by atoms with Gasteiger partial charge in [0, 0.05) is 18.6 Å². The molecule has 0 saturated heterocycles. The number of thiophene rings is 1. The zero-order valence-corrected chi connectivity index (χ0v) is 12.4. The van der Waals surface area contributed by atoms with Gasteiger partial charge in [0.25, 0.3) is 0 Å². The molecule has 1 N–H and O–H groups in total. The van der Waals surface area contributed by atoms with Crippen LogP contribution in [0.5, 0.6) is 0 Å². The molecule has 0 saturated carbocycles. The summed E-state index contributed by atoms with van der Waals surface area (Å²) in [6, 6.07) is 10.4. The van der Waals surface area contributed by atoms with Crippen molar-refractivity contribution in [2.24, 2.45) is 0 Å². The average Bonchev–Trinajstić information content (AvgIpc) is 2.63. The SMILES string of the molecule is Brc1ccsc1CNc1ccccc1I. The van der Waals surface area contributed by atoms with E-state index in [-0.39, 0.29) is 0 Å². The predicted octanol–water partition coefficient (Wildman–Crippen LogP) is 4.73. The highest BCUT2D eigenvalue weighted by Gasteiger charge is 2.02. The third-order valence-electron chi connectivity index (χ3n) is 2.00. The van der Waals surface area contributed by atoms with E-state index in [1.807, 2.05) is 12.1 Å². The van der Waals surface area contributed by atoms with Gasteiger partial charge in [-0.25, -0.2) is 0 Å². The summed E-state index contributed by atoms with van der Waals surface area (Å²) in [7, 11) is 0. The van der Waals surface area contributed by atoms with Crippen molar-refractivity contribution in [3.8, 4) is 0 Å². The largest absolute Gasteiger partial charge is 0.379 e. The molecule has 0 bridgehead atoms. The fourth-order valence-electron chi connectivity index (χ4n) is 1.23. The fourth-order valence-corrected chi connectivity index (χ4v) is 3.24. The Balaban J connectivity index is 2.06. The number of anilines is 1. The summed E-state index contributed by atoms with van der Waals surface area (Å²) in [5.41, 5.74) is 1.19. The van der Waals surface area contributed by atoms with Gasteiger partial charge in [-0.05, 0) is 62.1 Å². The highest BCUT2D eigenvalue weighted by atomic mass is 127. The zero-order chi connectivity index (χ0) is 10.7. The van der Waals surface area contributed by atoms with Gasteiger partial charge in [-0.1, -0.05) is 12.1 Å². The van der Waals surface area contributed by atoms with Crippen LogP contribution in [0.2, 0.25) is 0 Å². The first-order chi connectivity index (χ1) is 7.27.